The van der Waals surface area contributed by atoms with Crippen LogP contribution in [0.15, 0.2) is 29.8 Å². The van der Waals surface area contributed by atoms with Crippen LogP contribution in [-0.4, -0.2) is 56.5 Å². The fourth-order valence-corrected chi connectivity index (χ4v) is 3.71. The number of carbonyl (C=O) groups is 3. The van der Waals surface area contributed by atoms with Crippen molar-refractivity contribution in [2.45, 2.75) is 27.7 Å². The number of benzene rings is 2. The second kappa shape index (κ2) is 10.5. The maximum absolute atomic E-state index is 13.0. The number of likely N-dealkylation sites (N-methyl/N-ethyl adjacent to an activating group) is 1. The predicted octanol–water partition coefficient (Wildman–Crippen LogP) is 3.24. The maximum atomic E-state index is 13.0. The highest BCUT2D eigenvalue weighted by Crippen LogP contribution is 2.41. The summed E-state index contributed by atoms with van der Waals surface area (Å²) in [6, 6.07) is 6.78. The first kappa shape index (κ1) is 25.0. The third-order valence-electron chi connectivity index (χ3n) is 5.69. The van der Waals surface area contributed by atoms with E-state index in [0.29, 0.717) is 40.4 Å². The predicted molar refractivity (Wildman–Crippen MR) is 131 cm³/mol. The molecule has 0 atom stereocenters. The molecule has 0 fully saturated rings. The van der Waals surface area contributed by atoms with Crippen LogP contribution < -0.4 is 20.1 Å². The van der Waals surface area contributed by atoms with Gasteiger partial charge in [0, 0.05) is 42.4 Å². The van der Waals surface area contributed by atoms with Gasteiger partial charge in [0.2, 0.25) is 0 Å². The van der Waals surface area contributed by atoms with Gasteiger partial charge in [-0.25, -0.2) is 0 Å². The van der Waals surface area contributed by atoms with Crippen LogP contribution in [0.4, 0.5) is 5.69 Å². The second-order valence-electron chi connectivity index (χ2n) is 8.59. The summed E-state index contributed by atoms with van der Waals surface area (Å²) in [5.74, 6) is 0.223. The number of nitrogens with one attached hydrogen (secondary N) is 2. The topological polar surface area (TPSA) is 97.0 Å². The summed E-state index contributed by atoms with van der Waals surface area (Å²) in [7, 11) is 3.87. The number of nitrogens with zero attached hydrogens (tertiary/aromatic N) is 1. The van der Waals surface area contributed by atoms with Crippen molar-refractivity contribution in [2.75, 3.05) is 39.1 Å². The van der Waals surface area contributed by atoms with Gasteiger partial charge in [-0.1, -0.05) is 6.07 Å². The number of esters is 1. The van der Waals surface area contributed by atoms with Crippen molar-refractivity contribution in [3.8, 4) is 11.5 Å². The molecule has 0 aliphatic carbocycles. The average Bonchev–Trinajstić information content (AvgIpc) is 2.79. The Bertz CT molecular complexity index is 1170. The summed E-state index contributed by atoms with van der Waals surface area (Å²) in [5, 5.41) is 5.70. The Labute approximate surface area is 199 Å². The molecule has 2 amide bonds. The lowest BCUT2D eigenvalue weighted by molar-refractivity contribution is -0.132. The van der Waals surface area contributed by atoms with Crippen LogP contribution in [0.25, 0.3) is 6.08 Å². The number of amides is 2. The van der Waals surface area contributed by atoms with Crippen molar-refractivity contribution in [1.29, 1.82) is 0 Å². The second-order valence-corrected chi connectivity index (χ2v) is 8.59. The molecule has 1 aliphatic heterocycles. The van der Waals surface area contributed by atoms with E-state index in [1.807, 2.05) is 39.8 Å². The van der Waals surface area contributed by atoms with Crippen LogP contribution in [-0.2, 0) is 9.59 Å². The number of hydrogen-bond donors (Lipinski definition) is 2. The molecule has 0 bridgehead atoms. The van der Waals surface area contributed by atoms with Gasteiger partial charge in [0.1, 0.15) is 18.1 Å². The van der Waals surface area contributed by atoms with Gasteiger partial charge in [-0.3, -0.25) is 14.4 Å². The zero-order valence-corrected chi connectivity index (χ0v) is 20.5. The van der Waals surface area contributed by atoms with E-state index in [-0.39, 0.29) is 18.4 Å². The largest absolute Gasteiger partial charge is 0.488 e. The molecule has 8 nitrogen and oxygen atoms in total. The molecule has 0 saturated heterocycles. The van der Waals surface area contributed by atoms with E-state index in [1.54, 1.807) is 30.3 Å². The van der Waals surface area contributed by atoms with E-state index in [2.05, 4.69) is 10.6 Å². The van der Waals surface area contributed by atoms with Gasteiger partial charge in [0.15, 0.2) is 0 Å². The lowest BCUT2D eigenvalue weighted by atomic mass is 9.94. The monoisotopic (exact) mass is 465 g/mol. The molecule has 2 N–H and O–H groups in total. The van der Waals surface area contributed by atoms with Gasteiger partial charge in [-0.2, -0.15) is 0 Å². The minimum Gasteiger partial charge on any atom is -0.488 e. The molecule has 1 aliphatic rings. The van der Waals surface area contributed by atoms with Gasteiger partial charge in [-0.05, 0) is 70.3 Å². The molecule has 0 spiro atoms. The summed E-state index contributed by atoms with van der Waals surface area (Å²) in [6.07, 6.45) is 1.76. The Morgan fingerprint density at radius 1 is 1.06 bits per heavy atom. The number of hydrogen-bond acceptors (Lipinski definition) is 6. The summed E-state index contributed by atoms with van der Waals surface area (Å²) in [5.41, 5.74) is 4.53. The fourth-order valence-electron chi connectivity index (χ4n) is 3.71. The number of ether oxygens (including phenoxy) is 2. The minimum absolute atomic E-state index is 0.107. The molecule has 0 unspecified atom stereocenters. The first-order chi connectivity index (χ1) is 16.1. The molecule has 8 heteroatoms. The van der Waals surface area contributed by atoms with Gasteiger partial charge in [-0.15, -0.1) is 0 Å². The highest BCUT2D eigenvalue weighted by atomic mass is 16.5. The summed E-state index contributed by atoms with van der Waals surface area (Å²) >= 11 is 0. The SMILES string of the molecule is CC(=O)Oc1c(C)c(C)c2c(c1C)C=C(C(=O)Nc1cccc(C(=O)NCCN(C)C)c1)CO2. The molecular weight excluding hydrogens is 434 g/mol. The van der Waals surface area contributed by atoms with Crippen LogP contribution in [0, 0.1) is 20.8 Å². The van der Waals surface area contributed by atoms with E-state index in [1.165, 1.54) is 6.92 Å². The van der Waals surface area contributed by atoms with Crippen molar-refractivity contribution in [3.05, 3.63) is 57.7 Å². The molecule has 0 radical (unpaired) electrons. The van der Waals surface area contributed by atoms with E-state index in [0.717, 1.165) is 23.2 Å². The number of carbonyl (C=O) groups excluding carboxylic acids is 3. The fraction of sp³-hybridized carbons (Fsp3) is 0.346. The Hall–Kier alpha value is -3.65. The molecule has 1 heterocycles. The molecular formula is C26H31N3O5. The van der Waals surface area contributed by atoms with E-state index >= 15 is 0 Å². The molecule has 180 valence electrons. The third-order valence-corrected chi connectivity index (χ3v) is 5.69. The highest BCUT2D eigenvalue weighted by molar-refractivity contribution is 6.08. The normalized spacial score (nSPS) is 12.4. The standard InChI is InChI=1S/C26H31N3O5/c1-15-16(2)24-22(17(3)23(15)34-18(4)30)13-20(14-33-24)26(32)28-21-9-7-8-19(12-21)25(31)27-10-11-29(5)6/h7-9,12-13H,10-11,14H2,1-6H3,(H,27,31)(H,28,32). The summed E-state index contributed by atoms with van der Waals surface area (Å²) in [4.78, 5) is 38.9. The van der Waals surface area contributed by atoms with Crippen LogP contribution in [0.3, 0.4) is 0 Å². The Balaban J connectivity index is 1.80. The van der Waals surface area contributed by atoms with Crippen molar-refractivity contribution < 1.29 is 23.9 Å². The Kier molecular flexibility index (Phi) is 7.73. The van der Waals surface area contributed by atoms with Crippen LogP contribution in [0.1, 0.15) is 39.5 Å². The molecule has 2 aromatic carbocycles. The van der Waals surface area contributed by atoms with Crippen molar-refractivity contribution >= 4 is 29.5 Å². The van der Waals surface area contributed by atoms with Crippen LogP contribution in [0.2, 0.25) is 0 Å². The summed E-state index contributed by atoms with van der Waals surface area (Å²) in [6.45, 7) is 8.33. The van der Waals surface area contributed by atoms with Crippen molar-refractivity contribution in [1.82, 2.24) is 10.2 Å². The first-order valence-corrected chi connectivity index (χ1v) is 11.1. The molecule has 0 aromatic heterocycles. The van der Waals surface area contributed by atoms with Gasteiger partial charge < -0.3 is 25.0 Å². The van der Waals surface area contributed by atoms with Gasteiger partial charge >= 0.3 is 5.97 Å². The van der Waals surface area contributed by atoms with E-state index in [4.69, 9.17) is 9.47 Å². The third kappa shape index (κ3) is 5.63. The summed E-state index contributed by atoms with van der Waals surface area (Å²) < 4.78 is 11.4. The number of fused-ring (bicyclic) bond motifs is 1. The number of rotatable bonds is 7. The van der Waals surface area contributed by atoms with Gasteiger partial charge in [0.05, 0.1) is 5.57 Å². The minimum atomic E-state index is -0.408. The lowest BCUT2D eigenvalue weighted by Crippen LogP contribution is -2.31. The average molecular weight is 466 g/mol. The van der Waals surface area contributed by atoms with E-state index < -0.39 is 5.97 Å². The Morgan fingerprint density at radius 3 is 2.47 bits per heavy atom. The number of anilines is 1. The first-order valence-electron chi connectivity index (χ1n) is 11.1. The van der Waals surface area contributed by atoms with E-state index in [9.17, 15) is 14.4 Å². The molecule has 34 heavy (non-hydrogen) atoms. The molecule has 3 rings (SSSR count). The smallest absolute Gasteiger partial charge is 0.308 e. The van der Waals surface area contributed by atoms with Gasteiger partial charge in [0.25, 0.3) is 11.8 Å². The van der Waals surface area contributed by atoms with Crippen LogP contribution >= 0.6 is 0 Å². The van der Waals surface area contributed by atoms with Crippen molar-refractivity contribution in [3.63, 3.8) is 0 Å². The lowest BCUT2D eigenvalue weighted by Gasteiger charge is -2.24. The molecule has 0 saturated carbocycles. The molecule has 2 aromatic rings. The zero-order valence-electron chi connectivity index (χ0n) is 20.5. The van der Waals surface area contributed by atoms with Crippen LogP contribution in [0.5, 0.6) is 11.5 Å². The highest BCUT2D eigenvalue weighted by Gasteiger charge is 2.25. The zero-order chi connectivity index (χ0) is 25.0. The van der Waals surface area contributed by atoms with Crippen molar-refractivity contribution in [2.24, 2.45) is 0 Å². The quantitative estimate of drug-likeness (QED) is 0.481. The Morgan fingerprint density at radius 2 is 1.79 bits per heavy atom. The maximum Gasteiger partial charge on any atom is 0.308 e.